The second-order valence-electron chi connectivity index (χ2n) is 5.84. The van der Waals surface area contributed by atoms with Crippen molar-refractivity contribution < 1.29 is 9.59 Å². The molecule has 0 bridgehead atoms. The molecule has 0 aliphatic carbocycles. The average Bonchev–Trinajstić information content (AvgIpc) is 2.77. The molecule has 0 spiro atoms. The molecule has 2 N–H and O–H groups in total. The van der Waals surface area contributed by atoms with E-state index >= 15 is 0 Å². The Morgan fingerprint density at radius 3 is 2.45 bits per heavy atom. The molecule has 1 atom stereocenters. The number of amides is 2. The molecule has 0 aromatic heterocycles. The molecule has 2 saturated heterocycles. The van der Waals surface area contributed by atoms with Gasteiger partial charge in [-0.3, -0.25) is 9.59 Å². The largest absolute Gasteiger partial charge is 0.354 e. The van der Waals surface area contributed by atoms with Crippen molar-refractivity contribution in [3.63, 3.8) is 0 Å². The number of carbonyl (C=O) groups is 2. The van der Waals surface area contributed by atoms with E-state index in [9.17, 15) is 9.59 Å². The Kier molecular flexibility index (Phi) is 6.30. The zero-order valence-electron chi connectivity index (χ0n) is 12.3. The summed E-state index contributed by atoms with van der Waals surface area (Å²) in [6, 6.07) is -0.0583. The minimum atomic E-state index is -0.0583. The molecule has 5 nitrogen and oxygen atoms in total. The topological polar surface area (TPSA) is 61.4 Å². The van der Waals surface area contributed by atoms with E-state index in [-0.39, 0.29) is 17.9 Å². The van der Waals surface area contributed by atoms with Crippen molar-refractivity contribution in [3.05, 3.63) is 0 Å². The fourth-order valence-corrected chi connectivity index (χ4v) is 2.97. The van der Waals surface area contributed by atoms with Crippen molar-refractivity contribution in [2.45, 2.75) is 57.4 Å². The molecular formula is C15H27N3O2. The highest BCUT2D eigenvalue weighted by Crippen LogP contribution is 2.10. The predicted octanol–water partition coefficient (Wildman–Crippen LogP) is 1.04. The van der Waals surface area contributed by atoms with E-state index in [4.69, 9.17) is 0 Å². The Morgan fingerprint density at radius 2 is 1.80 bits per heavy atom. The summed E-state index contributed by atoms with van der Waals surface area (Å²) in [4.78, 5) is 25.9. The highest BCUT2D eigenvalue weighted by Gasteiger charge is 2.20. The normalized spacial score (nSPS) is 24.0. The van der Waals surface area contributed by atoms with Crippen molar-refractivity contribution in [2.75, 3.05) is 26.2 Å². The van der Waals surface area contributed by atoms with Gasteiger partial charge in [0.15, 0.2) is 0 Å². The van der Waals surface area contributed by atoms with Gasteiger partial charge in [0.25, 0.3) is 0 Å². The molecular weight excluding hydrogens is 254 g/mol. The zero-order chi connectivity index (χ0) is 14.2. The minimum Gasteiger partial charge on any atom is -0.354 e. The summed E-state index contributed by atoms with van der Waals surface area (Å²) in [5, 5.41) is 6.11. The standard InChI is InChI=1S/C15H27N3O2/c19-14(18-11-5-1-2-6-12-18)8-10-17-15(20)13-7-3-4-9-16-13/h13,16H,1-12H2,(H,17,20). The van der Waals surface area contributed by atoms with Crippen molar-refractivity contribution in [1.82, 2.24) is 15.5 Å². The molecule has 2 rings (SSSR count). The Balaban J connectivity index is 1.64. The number of carbonyl (C=O) groups excluding carboxylic acids is 2. The summed E-state index contributed by atoms with van der Waals surface area (Å²) in [5.74, 6) is 0.233. The number of hydrogen-bond donors (Lipinski definition) is 2. The quantitative estimate of drug-likeness (QED) is 0.809. The van der Waals surface area contributed by atoms with E-state index in [0.717, 1.165) is 51.7 Å². The van der Waals surface area contributed by atoms with Gasteiger partial charge in [-0.05, 0) is 32.2 Å². The third-order valence-electron chi connectivity index (χ3n) is 4.22. The van der Waals surface area contributed by atoms with Gasteiger partial charge in [-0.1, -0.05) is 19.3 Å². The predicted molar refractivity (Wildman–Crippen MR) is 78.3 cm³/mol. The van der Waals surface area contributed by atoms with Crippen molar-refractivity contribution in [2.24, 2.45) is 0 Å². The molecule has 1 unspecified atom stereocenters. The van der Waals surface area contributed by atoms with Gasteiger partial charge in [0, 0.05) is 26.1 Å². The lowest BCUT2D eigenvalue weighted by atomic mass is 10.0. The molecule has 2 aliphatic heterocycles. The van der Waals surface area contributed by atoms with Crippen LogP contribution in [0.5, 0.6) is 0 Å². The van der Waals surface area contributed by atoms with Gasteiger partial charge in [-0.15, -0.1) is 0 Å². The maximum absolute atomic E-state index is 12.1. The van der Waals surface area contributed by atoms with Gasteiger partial charge in [0.1, 0.15) is 0 Å². The van der Waals surface area contributed by atoms with Crippen molar-refractivity contribution in [1.29, 1.82) is 0 Å². The second kappa shape index (κ2) is 8.25. The van der Waals surface area contributed by atoms with Crippen LogP contribution in [0.3, 0.4) is 0 Å². The van der Waals surface area contributed by atoms with Crippen LogP contribution in [0.2, 0.25) is 0 Å². The Hall–Kier alpha value is -1.10. The van der Waals surface area contributed by atoms with Crippen LogP contribution in [0.25, 0.3) is 0 Å². The molecule has 0 aromatic rings. The first kappa shape index (κ1) is 15.3. The van der Waals surface area contributed by atoms with E-state index in [1.165, 1.54) is 12.8 Å². The monoisotopic (exact) mass is 281 g/mol. The minimum absolute atomic E-state index is 0.0494. The third kappa shape index (κ3) is 4.78. The summed E-state index contributed by atoms with van der Waals surface area (Å²) in [5.41, 5.74) is 0. The Morgan fingerprint density at radius 1 is 1.05 bits per heavy atom. The zero-order valence-corrected chi connectivity index (χ0v) is 12.3. The van der Waals surface area contributed by atoms with Gasteiger partial charge in [-0.25, -0.2) is 0 Å². The summed E-state index contributed by atoms with van der Waals surface area (Å²) in [6.45, 7) is 3.16. The number of likely N-dealkylation sites (tertiary alicyclic amines) is 1. The van der Waals surface area contributed by atoms with E-state index < -0.39 is 0 Å². The van der Waals surface area contributed by atoms with Crippen LogP contribution in [-0.2, 0) is 9.59 Å². The molecule has 2 amide bonds. The van der Waals surface area contributed by atoms with Crippen LogP contribution in [0.15, 0.2) is 0 Å². The molecule has 2 heterocycles. The fourth-order valence-electron chi connectivity index (χ4n) is 2.97. The van der Waals surface area contributed by atoms with E-state index in [1.54, 1.807) is 0 Å². The number of hydrogen-bond acceptors (Lipinski definition) is 3. The van der Waals surface area contributed by atoms with Gasteiger partial charge in [0.2, 0.25) is 11.8 Å². The van der Waals surface area contributed by atoms with Crippen LogP contribution in [0.1, 0.15) is 51.4 Å². The first-order valence-corrected chi connectivity index (χ1v) is 8.06. The number of nitrogens with zero attached hydrogens (tertiary/aromatic N) is 1. The van der Waals surface area contributed by atoms with Crippen molar-refractivity contribution in [3.8, 4) is 0 Å². The molecule has 20 heavy (non-hydrogen) atoms. The first-order valence-electron chi connectivity index (χ1n) is 8.06. The van der Waals surface area contributed by atoms with Crippen LogP contribution in [0, 0.1) is 0 Å². The number of rotatable bonds is 4. The Labute approximate surface area is 121 Å². The third-order valence-corrected chi connectivity index (χ3v) is 4.22. The van der Waals surface area contributed by atoms with Gasteiger partial charge < -0.3 is 15.5 Å². The molecule has 114 valence electrons. The SMILES string of the molecule is O=C(NCCC(=O)N1CCCCCC1)C1CCCCN1. The van der Waals surface area contributed by atoms with E-state index in [2.05, 4.69) is 10.6 Å². The fraction of sp³-hybridized carbons (Fsp3) is 0.867. The van der Waals surface area contributed by atoms with E-state index in [1.807, 2.05) is 4.90 Å². The van der Waals surface area contributed by atoms with E-state index in [0.29, 0.717) is 13.0 Å². The summed E-state index contributed by atoms with van der Waals surface area (Å²) < 4.78 is 0. The lowest BCUT2D eigenvalue weighted by molar-refractivity contribution is -0.131. The average molecular weight is 281 g/mol. The maximum Gasteiger partial charge on any atom is 0.237 e. The smallest absolute Gasteiger partial charge is 0.237 e. The molecule has 0 saturated carbocycles. The first-order chi connectivity index (χ1) is 9.77. The number of nitrogens with one attached hydrogen (secondary N) is 2. The van der Waals surface area contributed by atoms with Crippen LogP contribution in [0.4, 0.5) is 0 Å². The van der Waals surface area contributed by atoms with Crippen LogP contribution in [-0.4, -0.2) is 48.9 Å². The van der Waals surface area contributed by atoms with Gasteiger partial charge in [0.05, 0.1) is 6.04 Å². The summed E-state index contributed by atoms with van der Waals surface area (Å²) in [6.07, 6.45) is 8.29. The molecule has 0 radical (unpaired) electrons. The second-order valence-corrected chi connectivity index (χ2v) is 5.84. The summed E-state index contributed by atoms with van der Waals surface area (Å²) >= 11 is 0. The molecule has 0 aromatic carbocycles. The Bertz CT molecular complexity index is 319. The highest BCUT2D eigenvalue weighted by molar-refractivity contribution is 5.82. The van der Waals surface area contributed by atoms with Crippen LogP contribution >= 0.6 is 0 Å². The molecule has 2 aliphatic rings. The molecule has 2 fully saturated rings. The lowest BCUT2D eigenvalue weighted by Crippen LogP contribution is -2.47. The summed E-state index contributed by atoms with van der Waals surface area (Å²) in [7, 11) is 0. The van der Waals surface area contributed by atoms with Crippen molar-refractivity contribution >= 4 is 11.8 Å². The van der Waals surface area contributed by atoms with Gasteiger partial charge in [-0.2, -0.15) is 0 Å². The highest BCUT2D eigenvalue weighted by atomic mass is 16.2. The maximum atomic E-state index is 12.1. The van der Waals surface area contributed by atoms with Crippen LogP contribution < -0.4 is 10.6 Å². The lowest BCUT2D eigenvalue weighted by Gasteiger charge is -2.23. The molecule has 5 heteroatoms. The van der Waals surface area contributed by atoms with Gasteiger partial charge >= 0.3 is 0 Å². The number of piperidine rings is 1.